The lowest BCUT2D eigenvalue weighted by atomic mass is 9.73. The Labute approximate surface area is 160 Å². The van der Waals surface area contributed by atoms with Crippen LogP contribution in [0.25, 0.3) is 0 Å². The number of rotatable bonds is 3. The SMILES string of the molecule is CN1CCN(OC(=O)C2(c3ccccc3)CCN(C(N)=O)CC2)CC1.Cl. The van der Waals surface area contributed by atoms with Crippen LogP contribution in [0.4, 0.5) is 4.79 Å². The number of primary amides is 1. The van der Waals surface area contributed by atoms with Crippen molar-refractivity contribution in [2.24, 2.45) is 5.73 Å². The summed E-state index contributed by atoms with van der Waals surface area (Å²) in [6, 6.07) is 9.29. The monoisotopic (exact) mass is 382 g/mol. The summed E-state index contributed by atoms with van der Waals surface area (Å²) in [5.41, 5.74) is 5.61. The molecule has 0 aliphatic carbocycles. The Morgan fingerprint density at radius 1 is 1.00 bits per heavy atom. The van der Waals surface area contributed by atoms with Crippen LogP contribution in [0.1, 0.15) is 18.4 Å². The van der Waals surface area contributed by atoms with Crippen molar-refractivity contribution in [2.45, 2.75) is 18.3 Å². The lowest BCUT2D eigenvalue weighted by Crippen LogP contribution is -2.53. The number of carbonyl (C=O) groups is 2. The molecule has 1 aromatic carbocycles. The van der Waals surface area contributed by atoms with E-state index in [0.29, 0.717) is 39.0 Å². The van der Waals surface area contributed by atoms with Gasteiger partial charge < -0.3 is 20.4 Å². The van der Waals surface area contributed by atoms with Crippen molar-refractivity contribution in [3.05, 3.63) is 35.9 Å². The second-order valence-electron chi connectivity index (χ2n) is 6.88. The van der Waals surface area contributed by atoms with E-state index in [0.717, 1.165) is 18.7 Å². The molecule has 2 saturated heterocycles. The number of nitrogens with two attached hydrogens (primary N) is 1. The predicted octanol–water partition coefficient (Wildman–Crippen LogP) is 1.23. The van der Waals surface area contributed by atoms with Crippen molar-refractivity contribution in [1.29, 1.82) is 0 Å². The van der Waals surface area contributed by atoms with Crippen LogP contribution >= 0.6 is 12.4 Å². The number of amides is 2. The van der Waals surface area contributed by atoms with Crippen LogP contribution in [0.3, 0.4) is 0 Å². The third kappa shape index (κ3) is 4.28. The van der Waals surface area contributed by atoms with Gasteiger partial charge in [0.1, 0.15) is 0 Å². The normalized spacial score (nSPS) is 20.9. The van der Waals surface area contributed by atoms with Crippen molar-refractivity contribution >= 4 is 24.4 Å². The van der Waals surface area contributed by atoms with Crippen LogP contribution < -0.4 is 5.73 Å². The number of likely N-dealkylation sites (tertiary alicyclic amines) is 1. The number of likely N-dealkylation sites (N-methyl/N-ethyl adjacent to an activating group) is 1. The van der Waals surface area contributed by atoms with Gasteiger partial charge in [-0.15, -0.1) is 17.5 Å². The molecule has 0 aromatic heterocycles. The fraction of sp³-hybridized carbons (Fsp3) is 0.556. The Bertz CT molecular complexity index is 612. The molecule has 2 fully saturated rings. The zero-order valence-corrected chi connectivity index (χ0v) is 15.9. The van der Waals surface area contributed by atoms with Crippen LogP contribution in [0.5, 0.6) is 0 Å². The zero-order valence-electron chi connectivity index (χ0n) is 15.1. The molecule has 2 aliphatic heterocycles. The fourth-order valence-electron chi connectivity index (χ4n) is 3.56. The maximum Gasteiger partial charge on any atom is 0.335 e. The minimum atomic E-state index is -0.726. The van der Waals surface area contributed by atoms with Crippen LogP contribution in [-0.4, -0.2) is 73.2 Å². The highest BCUT2D eigenvalue weighted by Gasteiger charge is 2.46. The lowest BCUT2D eigenvalue weighted by Gasteiger charge is -2.41. The molecule has 8 heteroatoms. The molecule has 0 saturated carbocycles. The average Bonchev–Trinajstić information content (AvgIpc) is 2.64. The van der Waals surface area contributed by atoms with Crippen molar-refractivity contribution < 1.29 is 14.4 Å². The highest BCUT2D eigenvalue weighted by molar-refractivity contribution is 5.85. The number of hydrogen-bond donors (Lipinski definition) is 1. The summed E-state index contributed by atoms with van der Waals surface area (Å²) in [5.74, 6) is -0.229. The second kappa shape index (κ2) is 8.70. The largest absolute Gasteiger partial charge is 0.367 e. The van der Waals surface area contributed by atoms with E-state index in [1.807, 2.05) is 30.3 Å². The third-order valence-corrected chi connectivity index (χ3v) is 5.32. The Balaban J connectivity index is 0.00000243. The van der Waals surface area contributed by atoms with Crippen molar-refractivity contribution in [3.8, 4) is 0 Å². The molecule has 2 aliphatic rings. The van der Waals surface area contributed by atoms with Crippen LogP contribution in [-0.2, 0) is 15.0 Å². The number of urea groups is 1. The van der Waals surface area contributed by atoms with E-state index in [4.69, 9.17) is 10.6 Å². The van der Waals surface area contributed by atoms with E-state index in [2.05, 4.69) is 11.9 Å². The van der Waals surface area contributed by atoms with Gasteiger partial charge in [-0.05, 0) is 25.5 Å². The molecule has 144 valence electrons. The number of piperazine rings is 1. The quantitative estimate of drug-likeness (QED) is 0.850. The fourth-order valence-corrected chi connectivity index (χ4v) is 3.56. The van der Waals surface area contributed by atoms with E-state index >= 15 is 0 Å². The first-order chi connectivity index (χ1) is 12.0. The summed E-state index contributed by atoms with van der Waals surface area (Å²) >= 11 is 0. The molecule has 2 amide bonds. The topological polar surface area (TPSA) is 79.1 Å². The van der Waals surface area contributed by atoms with E-state index in [1.54, 1.807) is 9.96 Å². The standard InChI is InChI=1S/C18H26N4O3.ClH/c1-20-11-13-22(14-12-20)25-16(23)18(15-5-3-2-4-6-15)7-9-21(10-8-18)17(19)24;/h2-6H,7-14H2,1H3,(H2,19,24);1H. The molecule has 2 N–H and O–H groups in total. The van der Waals surface area contributed by atoms with Crippen molar-refractivity contribution in [1.82, 2.24) is 14.9 Å². The first kappa shape index (κ1) is 20.5. The van der Waals surface area contributed by atoms with Gasteiger partial charge in [-0.1, -0.05) is 30.3 Å². The first-order valence-electron chi connectivity index (χ1n) is 8.77. The molecule has 0 bridgehead atoms. The van der Waals surface area contributed by atoms with Crippen molar-refractivity contribution in [3.63, 3.8) is 0 Å². The lowest BCUT2D eigenvalue weighted by molar-refractivity contribution is -0.205. The highest BCUT2D eigenvalue weighted by atomic mass is 35.5. The molecule has 0 unspecified atom stereocenters. The van der Waals surface area contributed by atoms with Gasteiger partial charge >= 0.3 is 12.0 Å². The molecule has 2 heterocycles. The van der Waals surface area contributed by atoms with E-state index in [1.165, 1.54) is 0 Å². The number of benzene rings is 1. The Morgan fingerprint density at radius 3 is 2.12 bits per heavy atom. The third-order valence-electron chi connectivity index (χ3n) is 5.32. The summed E-state index contributed by atoms with van der Waals surface area (Å²) in [4.78, 5) is 34.1. The number of hydroxylamine groups is 2. The van der Waals surface area contributed by atoms with Crippen LogP contribution in [0.15, 0.2) is 30.3 Å². The first-order valence-corrected chi connectivity index (χ1v) is 8.77. The predicted molar refractivity (Wildman–Crippen MR) is 101 cm³/mol. The molecule has 3 rings (SSSR count). The van der Waals surface area contributed by atoms with Gasteiger partial charge in [0.05, 0.1) is 5.41 Å². The van der Waals surface area contributed by atoms with Gasteiger partial charge in [0, 0.05) is 39.3 Å². The van der Waals surface area contributed by atoms with Crippen molar-refractivity contribution in [2.75, 3.05) is 46.3 Å². The molecule has 26 heavy (non-hydrogen) atoms. The van der Waals surface area contributed by atoms with E-state index in [9.17, 15) is 9.59 Å². The smallest absolute Gasteiger partial charge is 0.335 e. The van der Waals surface area contributed by atoms with Gasteiger partial charge in [-0.25, -0.2) is 9.59 Å². The summed E-state index contributed by atoms with van der Waals surface area (Å²) in [7, 11) is 2.06. The molecule has 7 nitrogen and oxygen atoms in total. The Kier molecular flexibility index (Phi) is 6.86. The average molecular weight is 383 g/mol. The minimum absolute atomic E-state index is 0. The van der Waals surface area contributed by atoms with Crippen LogP contribution in [0, 0.1) is 0 Å². The van der Waals surface area contributed by atoms with Gasteiger partial charge in [0.15, 0.2) is 0 Å². The van der Waals surface area contributed by atoms with Gasteiger partial charge in [0.2, 0.25) is 0 Å². The summed E-state index contributed by atoms with van der Waals surface area (Å²) < 4.78 is 0. The van der Waals surface area contributed by atoms with E-state index in [-0.39, 0.29) is 18.4 Å². The Morgan fingerprint density at radius 2 is 1.58 bits per heavy atom. The van der Waals surface area contributed by atoms with Crippen LogP contribution in [0.2, 0.25) is 0 Å². The molecule has 0 spiro atoms. The Hall–Kier alpha value is -1.83. The highest BCUT2D eigenvalue weighted by Crippen LogP contribution is 2.37. The number of carbonyl (C=O) groups excluding carboxylic acids is 2. The number of hydrogen-bond acceptors (Lipinski definition) is 5. The molecule has 1 aromatic rings. The number of nitrogens with zero attached hydrogens (tertiary/aromatic N) is 3. The summed E-state index contributed by atoms with van der Waals surface area (Å²) in [6.07, 6.45) is 1.04. The molecule has 0 atom stereocenters. The second-order valence-corrected chi connectivity index (χ2v) is 6.88. The van der Waals surface area contributed by atoms with Gasteiger partial charge in [-0.3, -0.25) is 0 Å². The molecular formula is C18H27ClN4O3. The number of halogens is 1. The maximum atomic E-state index is 13.1. The van der Waals surface area contributed by atoms with Gasteiger partial charge in [0.25, 0.3) is 0 Å². The maximum absolute atomic E-state index is 13.1. The van der Waals surface area contributed by atoms with E-state index < -0.39 is 11.4 Å². The molecular weight excluding hydrogens is 356 g/mol. The molecule has 0 radical (unpaired) electrons. The van der Waals surface area contributed by atoms with Gasteiger partial charge in [-0.2, -0.15) is 0 Å². The number of piperidine rings is 1. The summed E-state index contributed by atoms with van der Waals surface area (Å²) in [6.45, 7) is 4.09. The zero-order chi connectivity index (χ0) is 17.9. The minimum Gasteiger partial charge on any atom is -0.367 e. The summed E-state index contributed by atoms with van der Waals surface area (Å²) in [5, 5.41) is 1.76.